The Hall–Kier alpha value is -3.88. The Labute approximate surface area is 226 Å². The smallest absolute Gasteiger partial charge is 0.387 e. The lowest BCUT2D eigenvalue weighted by molar-refractivity contribution is -0.149. The second-order valence-electron chi connectivity index (χ2n) is 10.0. The van der Waals surface area contributed by atoms with Crippen LogP contribution in [-0.4, -0.2) is 38.5 Å². The number of halogens is 2. The molecule has 3 heterocycles. The van der Waals surface area contributed by atoms with Crippen LogP contribution in [0.1, 0.15) is 55.4 Å². The molecule has 7 nitrogen and oxygen atoms in total. The summed E-state index contributed by atoms with van der Waals surface area (Å²) >= 11 is 0. The summed E-state index contributed by atoms with van der Waals surface area (Å²) in [6.45, 7) is 1.30. The number of aromatic nitrogens is 4. The van der Waals surface area contributed by atoms with Crippen molar-refractivity contribution in [3.8, 4) is 16.9 Å². The number of hydrogen-bond donors (Lipinski definition) is 0. The molecule has 0 spiro atoms. The van der Waals surface area contributed by atoms with Crippen molar-refractivity contribution in [2.45, 2.75) is 59.0 Å². The summed E-state index contributed by atoms with van der Waals surface area (Å²) in [5.41, 5.74) is 4.97. The number of fused-ring (bicyclic) bond motifs is 1. The van der Waals surface area contributed by atoms with E-state index >= 15 is 0 Å². The highest BCUT2D eigenvalue weighted by atomic mass is 19.3. The Kier molecular flexibility index (Phi) is 8.14. The fourth-order valence-corrected chi connectivity index (χ4v) is 5.37. The number of pyridine rings is 1. The summed E-state index contributed by atoms with van der Waals surface area (Å²) < 4.78 is 37.7. The first-order valence-electron chi connectivity index (χ1n) is 13.4. The predicted molar refractivity (Wildman–Crippen MR) is 143 cm³/mol. The fourth-order valence-electron chi connectivity index (χ4n) is 5.37. The minimum absolute atomic E-state index is 0.0152. The van der Waals surface area contributed by atoms with Crippen LogP contribution in [0.2, 0.25) is 0 Å². The Morgan fingerprint density at radius 2 is 1.79 bits per heavy atom. The lowest BCUT2D eigenvalue weighted by Gasteiger charge is -2.26. The lowest BCUT2D eigenvalue weighted by Crippen LogP contribution is -2.24. The SMILES string of the molecule is CCOC(=O)C1CCC(Cc2ncc(-c3ccc4nc(C)c(Cc5ccccc5OC(F)F)n4c3)cn2)CC1. The second-order valence-corrected chi connectivity index (χ2v) is 10.0. The molecule has 1 aliphatic carbocycles. The molecule has 0 radical (unpaired) electrons. The Morgan fingerprint density at radius 3 is 2.51 bits per heavy atom. The van der Waals surface area contributed by atoms with Crippen LogP contribution < -0.4 is 4.74 Å². The first kappa shape index (κ1) is 26.7. The predicted octanol–water partition coefficient (Wildman–Crippen LogP) is 6.20. The molecule has 0 saturated heterocycles. The number of alkyl halides is 2. The van der Waals surface area contributed by atoms with Gasteiger partial charge in [0.25, 0.3) is 0 Å². The molecule has 1 aromatic carbocycles. The molecule has 204 valence electrons. The van der Waals surface area contributed by atoms with Gasteiger partial charge in [0.15, 0.2) is 0 Å². The van der Waals surface area contributed by atoms with E-state index in [9.17, 15) is 13.6 Å². The Morgan fingerprint density at radius 1 is 1.05 bits per heavy atom. The highest BCUT2D eigenvalue weighted by molar-refractivity contribution is 5.72. The van der Waals surface area contributed by atoms with Gasteiger partial charge in [-0.1, -0.05) is 18.2 Å². The van der Waals surface area contributed by atoms with Gasteiger partial charge in [-0.05, 0) is 63.6 Å². The van der Waals surface area contributed by atoms with E-state index < -0.39 is 6.61 Å². The van der Waals surface area contributed by atoms with Crippen LogP contribution in [0.15, 0.2) is 55.0 Å². The van der Waals surface area contributed by atoms with E-state index in [0.29, 0.717) is 24.5 Å². The summed E-state index contributed by atoms with van der Waals surface area (Å²) in [5.74, 6) is 1.37. The number of imidazole rings is 1. The van der Waals surface area contributed by atoms with E-state index in [1.54, 1.807) is 18.2 Å². The van der Waals surface area contributed by atoms with Gasteiger partial charge in [0, 0.05) is 53.8 Å². The third kappa shape index (κ3) is 6.24. The van der Waals surface area contributed by atoms with Crippen molar-refractivity contribution in [2.75, 3.05) is 6.61 Å². The zero-order valence-electron chi connectivity index (χ0n) is 22.1. The van der Waals surface area contributed by atoms with Crippen LogP contribution in [0, 0.1) is 18.8 Å². The van der Waals surface area contributed by atoms with Crippen molar-refractivity contribution in [1.29, 1.82) is 0 Å². The number of rotatable bonds is 9. The molecular formula is C30H32F2N4O3. The number of ether oxygens (including phenoxy) is 2. The van der Waals surface area contributed by atoms with E-state index in [2.05, 4.69) is 15.0 Å². The molecule has 0 N–H and O–H groups in total. The molecule has 0 atom stereocenters. The van der Waals surface area contributed by atoms with Gasteiger partial charge in [-0.15, -0.1) is 0 Å². The minimum Gasteiger partial charge on any atom is -0.466 e. The highest BCUT2D eigenvalue weighted by Gasteiger charge is 2.27. The van der Waals surface area contributed by atoms with Crippen molar-refractivity contribution in [1.82, 2.24) is 19.4 Å². The van der Waals surface area contributed by atoms with Gasteiger partial charge in [0.05, 0.1) is 18.2 Å². The van der Waals surface area contributed by atoms with E-state index in [-0.39, 0.29) is 17.6 Å². The van der Waals surface area contributed by atoms with Gasteiger partial charge in [0.1, 0.15) is 17.2 Å². The van der Waals surface area contributed by atoms with E-state index in [0.717, 1.165) is 66.1 Å². The third-order valence-corrected chi connectivity index (χ3v) is 7.44. The molecule has 4 aromatic rings. The average molecular weight is 535 g/mol. The van der Waals surface area contributed by atoms with Crippen LogP contribution in [0.25, 0.3) is 16.8 Å². The monoisotopic (exact) mass is 534 g/mol. The number of carbonyl (C=O) groups excluding carboxylic acids is 1. The van der Waals surface area contributed by atoms with E-state index in [1.165, 1.54) is 0 Å². The lowest BCUT2D eigenvalue weighted by atomic mass is 9.80. The van der Waals surface area contributed by atoms with Crippen molar-refractivity contribution in [2.24, 2.45) is 11.8 Å². The first-order valence-corrected chi connectivity index (χ1v) is 13.4. The van der Waals surface area contributed by atoms with E-state index in [4.69, 9.17) is 9.47 Å². The molecule has 1 fully saturated rings. The second kappa shape index (κ2) is 11.9. The quantitative estimate of drug-likeness (QED) is 0.238. The maximum Gasteiger partial charge on any atom is 0.387 e. The fraction of sp³-hybridized carbons (Fsp3) is 0.400. The van der Waals surface area contributed by atoms with Crippen LogP contribution in [0.5, 0.6) is 5.75 Å². The molecule has 0 bridgehead atoms. The van der Waals surface area contributed by atoms with Crippen molar-refractivity contribution >= 4 is 11.6 Å². The maximum atomic E-state index is 12.9. The summed E-state index contributed by atoms with van der Waals surface area (Å²) in [6.07, 6.45) is 10.5. The summed E-state index contributed by atoms with van der Waals surface area (Å²) in [4.78, 5) is 25.9. The van der Waals surface area contributed by atoms with Crippen molar-refractivity contribution < 1.29 is 23.0 Å². The number of aryl methyl sites for hydroxylation is 1. The Balaban J connectivity index is 1.30. The normalized spacial score (nSPS) is 17.5. The van der Waals surface area contributed by atoms with Gasteiger partial charge in [-0.3, -0.25) is 4.79 Å². The third-order valence-electron chi connectivity index (χ3n) is 7.44. The molecule has 39 heavy (non-hydrogen) atoms. The Bertz CT molecular complexity index is 1430. The highest BCUT2D eigenvalue weighted by Crippen LogP contribution is 2.32. The number of esters is 1. The van der Waals surface area contributed by atoms with Crippen LogP contribution >= 0.6 is 0 Å². The maximum absolute atomic E-state index is 12.9. The molecule has 9 heteroatoms. The molecule has 0 amide bonds. The molecule has 1 aliphatic rings. The average Bonchev–Trinajstić information content (AvgIpc) is 3.24. The first-order chi connectivity index (χ1) is 18.9. The standard InChI is InChI=1S/C30H32F2N4O3/c1-3-38-29(37)21-10-8-20(9-11-21)14-27-33-16-24(17-34-27)23-12-13-28-35-19(2)25(36(28)18-23)15-22-6-4-5-7-26(22)39-30(31)32/h4-7,12-13,16-18,20-21,30H,3,8-11,14-15H2,1-2H3. The minimum atomic E-state index is -2.89. The van der Waals surface area contributed by atoms with Gasteiger partial charge in [0.2, 0.25) is 0 Å². The number of nitrogens with zero attached hydrogens (tertiary/aromatic N) is 4. The number of benzene rings is 1. The zero-order chi connectivity index (χ0) is 27.4. The number of para-hydroxylation sites is 1. The molecule has 1 saturated carbocycles. The topological polar surface area (TPSA) is 78.6 Å². The molecule has 5 rings (SSSR count). The van der Waals surface area contributed by atoms with Crippen LogP contribution in [0.4, 0.5) is 8.78 Å². The van der Waals surface area contributed by atoms with Crippen LogP contribution in [-0.2, 0) is 22.4 Å². The molecule has 0 aliphatic heterocycles. The largest absolute Gasteiger partial charge is 0.466 e. The number of carbonyl (C=O) groups is 1. The summed E-state index contributed by atoms with van der Waals surface area (Å²) in [7, 11) is 0. The van der Waals surface area contributed by atoms with Crippen LogP contribution in [0.3, 0.4) is 0 Å². The number of hydrogen-bond acceptors (Lipinski definition) is 6. The van der Waals surface area contributed by atoms with Crippen molar-refractivity contribution in [3.05, 3.63) is 77.8 Å². The van der Waals surface area contributed by atoms with Gasteiger partial charge >= 0.3 is 12.6 Å². The summed E-state index contributed by atoms with van der Waals surface area (Å²) in [6, 6.07) is 10.7. The van der Waals surface area contributed by atoms with Gasteiger partial charge < -0.3 is 13.9 Å². The van der Waals surface area contributed by atoms with E-state index in [1.807, 2.05) is 55.0 Å². The van der Waals surface area contributed by atoms with Gasteiger partial charge in [-0.25, -0.2) is 15.0 Å². The summed E-state index contributed by atoms with van der Waals surface area (Å²) in [5, 5.41) is 0. The van der Waals surface area contributed by atoms with Gasteiger partial charge in [-0.2, -0.15) is 8.78 Å². The zero-order valence-corrected chi connectivity index (χ0v) is 22.1. The molecular weight excluding hydrogens is 502 g/mol. The molecule has 0 unspecified atom stereocenters. The molecule has 3 aromatic heterocycles. The van der Waals surface area contributed by atoms with Crippen molar-refractivity contribution in [3.63, 3.8) is 0 Å².